The van der Waals surface area contributed by atoms with Gasteiger partial charge in [-0.3, -0.25) is 4.98 Å². The van der Waals surface area contributed by atoms with Crippen molar-refractivity contribution in [3.63, 3.8) is 0 Å². The lowest BCUT2D eigenvalue weighted by molar-refractivity contribution is 0.654. The third kappa shape index (κ3) is 4.89. The molecule has 0 radical (unpaired) electrons. The lowest BCUT2D eigenvalue weighted by Crippen LogP contribution is -2.34. The molecule has 52 heavy (non-hydrogen) atoms. The third-order valence-corrected chi connectivity index (χ3v) is 10.7. The Morgan fingerprint density at radius 3 is 2.04 bits per heavy atom. The molecule has 0 saturated carbocycles. The van der Waals surface area contributed by atoms with Crippen LogP contribution in [0.4, 0.5) is 0 Å². The predicted octanol–water partition coefficient (Wildman–Crippen LogP) is 11.1. The fraction of sp³-hybridized carbons (Fsp3) is 0.0851. The van der Waals surface area contributed by atoms with E-state index >= 15 is 0 Å². The van der Waals surface area contributed by atoms with Crippen molar-refractivity contribution in [3.8, 4) is 33.4 Å². The Balaban J connectivity index is 1.06. The number of aliphatic imine (C=N–C) groups is 2. The van der Waals surface area contributed by atoms with Gasteiger partial charge in [0.05, 0.1) is 0 Å². The molecule has 1 aliphatic heterocycles. The fourth-order valence-corrected chi connectivity index (χ4v) is 8.05. The minimum absolute atomic E-state index is 0.198. The molecule has 0 amide bonds. The zero-order valence-electron chi connectivity index (χ0n) is 28.8. The van der Waals surface area contributed by atoms with Crippen molar-refractivity contribution < 1.29 is 4.42 Å². The Morgan fingerprint density at radius 2 is 1.19 bits per heavy atom. The van der Waals surface area contributed by atoms with Crippen LogP contribution in [0.1, 0.15) is 47.8 Å². The number of benzene rings is 6. The number of hydrogen-bond donors (Lipinski definition) is 1. The Kier molecular flexibility index (Phi) is 6.83. The van der Waals surface area contributed by atoms with E-state index in [0.717, 1.165) is 72.6 Å². The van der Waals surface area contributed by atoms with Crippen molar-refractivity contribution in [1.29, 1.82) is 0 Å². The number of amidine groups is 2. The number of rotatable bonds is 5. The van der Waals surface area contributed by atoms with Gasteiger partial charge in [-0.2, -0.15) is 0 Å². The highest BCUT2D eigenvalue weighted by atomic mass is 16.3. The van der Waals surface area contributed by atoms with Gasteiger partial charge in [0, 0.05) is 39.7 Å². The summed E-state index contributed by atoms with van der Waals surface area (Å²) in [5.74, 6) is 1.53. The van der Waals surface area contributed by atoms with E-state index in [4.69, 9.17) is 14.4 Å². The number of furan rings is 1. The average molecular weight is 671 g/mol. The zero-order valence-corrected chi connectivity index (χ0v) is 28.8. The van der Waals surface area contributed by atoms with Crippen molar-refractivity contribution in [1.82, 2.24) is 10.3 Å². The first-order valence-electron chi connectivity index (χ1n) is 17.7. The fourth-order valence-electron chi connectivity index (χ4n) is 8.05. The smallest absolute Gasteiger partial charge is 0.159 e. The van der Waals surface area contributed by atoms with Gasteiger partial charge in [-0.1, -0.05) is 129 Å². The van der Waals surface area contributed by atoms with Gasteiger partial charge in [0.25, 0.3) is 0 Å². The third-order valence-electron chi connectivity index (χ3n) is 10.7. The first-order chi connectivity index (χ1) is 25.5. The maximum atomic E-state index is 6.09. The maximum absolute atomic E-state index is 6.09. The molecule has 2 aliphatic rings. The molecule has 2 aromatic heterocycles. The van der Waals surface area contributed by atoms with Crippen LogP contribution in [-0.4, -0.2) is 16.7 Å². The van der Waals surface area contributed by atoms with Gasteiger partial charge >= 0.3 is 0 Å². The minimum Gasteiger partial charge on any atom is -0.456 e. The molecule has 5 heteroatoms. The van der Waals surface area contributed by atoms with E-state index in [9.17, 15) is 0 Å². The summed E-state index contributed by atoms with van der Waals surface area (Å²) in [6, 6.07) is 51.3. The molecule has 3 heterocycles. The van der Waals surface area contributed by atoms with Crippen LogP contribution in [-0.2, 0) is 5.41 Å². The topological polar surface area (TPSA) is 62.8 Å². The summed E-state index contributed by atoms with van der Waals surface area (Å²) in [5.41, 5.74) is 14.4. The molecule has 0 saturated heterocycles. The summed E-state index contributed by atoms with van der Waals surface area (Å²) < 4.78 is 6.09. The standard InChI is InChI=1S/C47H34N4O/c1-47(2)40-12-5-3-8-35(40)37-10-7-11-38(43(37)47)46-50-44(32-18-14-29(15-19-32)31-24-26-48-27-25-31)49-45(51-46)33-20-16-30(17-21-33)34-22-23-42-39(28-34)36-9-4-6-13-41(36)52-42/h3-28,45H,1-2H3,(H,49,50,51). The molecule has 10 rings (SSSR count). The Labute approximate surface area is 302 Å². The van der Waals surface area contributed by atoms with Gasteiger partial charge < -0.3 is 9.73 Å². The van der Waals surface area contributed by atoms with Gasteiger partial charge in [0.15, 0.2) is 5.84 Å². The van der Waals surface area contributed by atoms with Crippen LogP contribution in [0, 0.1) is 0 Å². The summed E-state index contributed by atoms with van der Waals surface area (Å²) in [5, 5.41) is 5.94. The van der Waals surface area contributed by atoms with Gasteiger partial charge in [0.2, 0.25) is 0 Å². The van der Waals surface area contributed by atoms with Gasteiger partial charge in [-0.15, -0.1) is 0 Å². The average Bonchev–Trinajstić information content (AvgIpc) is 3.70. The van der Waals surface area contributed by atoms with E-state index in [-0.39, 0.29) is 11.6 Å². The lowest BCUT2D eigenvalue weighted by atomic mass is 9.80. The van der Waals surface area contributed by atoms with Crippen LogP contribution in [0.5, 0.6) is 0 Å². The van der Waals surface area contributed by atoms with E-state index in [1.807, 2.05) is 36.7 Å². The van der Waals surface area contributed by atoms with Crippen LogP contribution in [0.3, 0.4) is 0 Å². The number of nitrogens with one attached hydrogen (secondary N) is 1. The number of pyridine rings is 1. The molecule has 1 atom stereocenters. The lowest BCUT2D eigenvalue weighted by Gasteiger charge is -2.27. The maximum Gasteiger partial charge on any atom is 0.159 e. The van der Waals surface area contributed by atoms with Crippen molar-refractivity contribution in [2.75, 3.05) is 0 Å². The second-order valence-corrected chi connectivity index (χ2v) is 14.1. The van der Waals surface area contributed by atoms with Crippen LogP contribution < -0.4 is 5.32 Å². The van der Waals surface area contributed by atoms with Gasteiger partial charge in [-0.25, -0.2) is 9.98 Å². The number of para-hydroxylation sites is 1. The van der Waals surface area contributed by atoms with Crippen LogP contribution >= 0.6 is 0 Å². The highest BCUT2D eigenvalue weighted by Gasteiger charge is 2.38. The molecule has 1 aliphatic carbocycles. The van der Waals surface area contributed by atoms with Gasteiger partial charge in [0.1, 0.15) is 23.2 Å². The van der Waals surface area contributed by atoms with Crippen molar-refractivity contribution >= 4 is 33.6 Å². The quantitative estimate of drug-likeness (QED) is 0.198. The van der Waals surface area contributed by atoms with Crippen molar-refractivity contribution in [2.24, 2.45) is 9.98 Å². The van der Waals surface area contributed by atoms with Crippen molar-refractivity contribution in [3.05, 3.63) is 186 Å². The van der Waals surface area contributed by atoms with Crippen LogP contribution in [0.25, 0.3) is 55.3 Å². The molecule has 0 bridgehead atoms. The van der Waals surface area contributed by atoms with E-state index < -0.39 is 0 Å². The Morgan fingerprint density at radius 1 is 0.558 bits per heavy atom. The van der Waals surface area contributed by atoms with E-state index in [1.54, 1.807) is 0 Å². The monoisotopic (exact) mass is 670 g/mol. The molecule has 248 valence electrons. The summed E-state index contributed by atoms with van der Waals surface area (Å²) >= 11 is 0. The minimum atomic E-state index is -0.334. The summed E-state index contributed by atoms with van der Waals surface area (Å²) in [6.45, 7) is 4.62. The molecule has 0 spiro atoms. The Bertz CT molecular complexity index is 2720. The zero-order chi connectivity index (χ0) is 34.8. The molecule has 8 aromatic rings. The second kappa shape index (κ2) is 11.7. The SMILES string of the molecule is CC1(C)c2ccccc2-c2cccc(C3=NC(c4ccc(-c5ccc6oc7ccccc7c6c5)cc4)NC(c4ccc(-c5ccncc5)cc4)=N3)c21. The largest absolute Gasteiger partial charge is 0.456 e. The van der Waals surface area contributed by atoms with Gasteiger partial charge in [-0.05, 0) is 80.4 Å². The first-order valence-corrected chi connectivity index (χ1v) is 17.7. The number of nitrogens with zero attached hydrogens (tertiary/aromatic N) is 3. The summed E-state index contributed by atoms with van der Waals surface area (Å²) in [4.78, 5) is 14.8. The number of fused-ring (bicyclic) bond motifs is 6. The van der Waals surface area contributed by atoms with Crippen molar-refractivity contribution in [2.45, 2.75) is 25.4 Å². The van der Waals surface area contributed by atoms with E-state index in [0.29, 0.717) is 0 Å². The molecular weight excluding hydrogens is 637 g/mol. The number of hydrogen-bond acceptors (Lipinski definition) is 5. The highest BCUT2D eigenvalue weighted by Crippen LogP contribution is 2.50. The molecule has 0 fully saturated rings. The molecular formula is C47H34N4O. The second-order valence-electron chi connectivity index (χ2n) is 14.1. The molecule has 6 aromatic carbocycles. The molecule has 1 unspecified atom stereocenters. The molecule has 5 nitrogen and oxygen atoms in total. The Hall–Kier alpha value is -6.59. The highest BCUT2D eigenvalue weighted by molar-refractivity contribution is 6.14. The van der Waals surface area contributed by atoms with E-state index in [1.165, 1.54) is 22.3 Å². The summed E-state index contributed by atoms with van der Waals surface area (Å²) in [6.07, 6.45) is 3.31. The first kappa shape index (κ1) is 30.3. The van der Waals surface area contributed by atoms with E-state index in [2.05, 4.69) is 145 Å². The van der Waals surface area contributed by atoms with Crippen LogP contribution in [0.2, 0.25) is 0 Å². The van der Waals surface area contributed by atoms with Crippen LogP contribution in [0.15, 0.2) is 172 Å². The summed E-state index contributed by atoms with van der Waals surface area (Å²) in [7, 11) is 0. The predicted molar refractivity (Wildman–Crippen MR) is 212 cm³/mol. The number of aromatic nitrogens is 1. The molecule has 1 N–H and O–H groups in total. The normalized spacial score (nSPS) is 15.8.